The van der Waals surface area contributed by atoms with Crippen LogP contribution >= 0.6 is 0 Å². The Labute approximate surface area is 408 Å². The van der Waals surface area contributed by atoms with E-state index < -0.39 is 40.1 Å². The number of nitrogens with one attached hydrogen (secondary N) is 2. The number of rotatable bonds is 16. The van der Waals surface area contributed by atoms with E-state index in [4.69, 9.17) is 23.9 Å². The minimum atomic E-state index is -4.37. The molecule has 2 aliphatic rings. The molecule has 8 aromatic rings. The maximum absolute atomic E-state index is 16.4. The van der Waals surface area contributed by atoms with Crippen molar-refractivity contribution < 1.29 is 41.3 Å². The van der Waals surface area contributed by atoms with Gasteiger partial charge in [0.25, 0.3) is 5.91 Å². The Morgan fingerprint density at radius 2 is 1.46 bits per heavy atom. The fraction of sp³-hybridized carbons (Fsp3) is 0.208. The number of nitrogens with zero attached hydrogens (tertiary/aromatic N) is 5. The average Bonchev–Trinajstić information content (AvgIpc) is 3.81. The lowest BCUT2D eigenvalue weighted by Crippen LogP contribution is -2.41. The molecule has 0 unspecified atom stereocenters. The van der Waals surface area contributed by atoms with Crippen molar-refractivity contribution >= 4 is 60.9 Å². The SMILES string of the molecule is Cn1c(=O)n(-c2ccc(OCc3ccccc3)nc2OCc2ccccc2)c2cccc(N3CCC[C@@H](OCC(=O)Nc4ccc5c(F)c(N6CC(=O)NS6(=O)=O)c(OCc6ccccc6)cc5c4)C3)c21. The third-order valence-electron chi connectivity index (χ3n) is 12.3. The van der Waals surface area contributed by atoms with Gasteiger partial charge in [0.2, 0.25) is 17.7 Å². The normalized spacial score (nSPS) is 15.5. The van der Waals surface area contributed by atoms with Gasteiger partial charge in [-0.1, -0.05) is 97.1 Å². The second-order valence-electron chi connectivity index (χ2n) is 17.2. The first-order valence-corrected chi connectivity index (χ1v) is 24.4. The van der Waals surface area contributed by atoms with Crippen molar-refractivity contribution in [2.24, 2.45) is 7.05 Å². The molecule has 2 fully saturated rings. The maximum atomic E-state index is 16.4. The van der Waals surface area contributed by atoms with Crippen LogP contribution in [0.15, 0.2) is 150 Å². The third kappa shape index (κ3) is 9.97. The summed E-state index contributed by atoms with van der Waals surface area (Å²) in [6, 6.07) is 43.8. The third-order valence-corrected chi connectivity index (χ3v) is 13.7. The number of pyridine rings is 1. The summed E-state index contributed by atoms with van der Waals surface area (Å²) in [6.45, 7) is 0.757. The highest BCUT2D eigenvalue weighted by atomic mass is 32.2. The van der Waals surface area contributed by atoms with E-state index >= 15 is 4.39 Å². The Morgan fingerprint density at radius 3 is 2.14 bits per heavy atom. The number of hydrogen-bond donors (Lipinski definition) is 2. The summed E-state index contributed by atoms with van der Waals surface area (Å²) >= 11 is 0. The highest BCUT2D eigenvalue weighted by Crippen LogP contribution is 2.41. The van der Waals surface area contributed by atoms with Crippen molar-refractivity contribution in [3.63, 3.8) is 0 Å². The second-order valence-corrected chi connectivity index (χ2v) is 18.8. The Kier molecular flexibility index (Phi) is 13.1. The quantitative estimate of drug-likeness (QED) is 0.0978. The first-order valence-electron chi connectivity index (χ1n) is 23.0. The molecule has 6 aromatic carbocycles. The Morgan fingerprint density at radius 1 is 0.789 bits per heavy atom. The number of amides is 2. The van der Waals surface area contributed by atoms with Crippen LogP contribution in [0.2, 0.25) is 0 Å². The maximum Gasteiger partial charge on any atom is 0.333 e. The summed E-state index contributed by atoms with van der Waals surface area (Å²) in [6.07, 6.45) is 1.13. The van der Waals surface area contributed by atoms with Crippen molar-refractivity contribution in [2.45, 2.75) is 38.8 Å². The van der Waals surface area contributed by atoms with E-state index in [1.54, 1.807) is 46.5 Å². The van der Waals surface area contributed by atoms with Gasteiger partial charge < -0.3 is 29.2 Å². The number of para-hydroxylation sites is 1. The van der Waals surface area contributed by atoms with Gasteiger partial charge in [0, 0.05) is 37.3 Å². The van der Waals surface area contributed by atoms with Crippen molar-refractivity contribution in [2.75, 3.05) is 40.8 Å². The van der Waals surface area contributed by atoms with Crippen LogP contribution in [0.3, 0.4) is 0 Å². The molecule has 0 radical (unpaired) electrons. The minimum Gasteiger partial charge on any atom is -0.487 e. The predicted molar refractivity (Wildman–Crippen MR) is 267 cm³/mol. The van der Waals surface area contributed by atoms with Crippen LogP contribution in [-0.2, 0) is 51.4 Å². The number of aromatic nitrogens is 3. The number of carbonyl (C=O) groups is 2. The van der Waals surface area contributed by atoms with Gasteiger partial charge in [-0.3, -0.25) is 18.7 Å². The molecule has 0 spiro atoms. The largest absolute Gasteiger partial charge is 0.487 e. The van der Waals surface area contributed by atoms with Crippen LogP contribution in [-0.4, -0.2) is 66.7 Å². The van der Waals surface area contributed by atoms with E-state index in [2.05, 4.69) is 10.2 Å². The molecular weight excluding hydrogens is 930 g/mol. The summed E-state index contributed by atoms with van der Waals surface area (Å²) in [5.41, 5.74) is 4.95. The number of anilines is 3. The average molecular weight is 978 g/mol. The molecule has 2 aliphatic heterocycles. The van der Waals surface area contributed by atoms with E-state index in [-0.39, 0.29) is 48.6 Å². The molecule has 362 valence electrons. The molecule has 2 amide bonds. The van der Waals surface area contributed by atoms with Gasteiger partial charge in [-0.15, -0.1) is 0 Å². The zero-order chi connectivity index (χ0) is 49.1. The van der Waals surface area contributed by atoms with Crippen LogP contribution in [0, 0.1) is 5.82 Å². The van der Waals surface area contributed by atoms with Crippen molar-refractivity contribution in [1.29, 1.82) is 0 Å². The lowest BCUT2D eigenvalue weighted by molar-refractivity contribution is -0.122. The lowest BCUT2D eigenvalue weighted by Gasteiger charge is -2.34. The molecule has 71 heavy (non-hydrogen) atoms. The Bertz CT molecular complexity index is 3450. The topological polar surface area (TPSA) is 176 Å². The van der Waals surface area contributed by atoms with Crippen molar-refractivity contribution in [3.05, 3.63) is 179 Å². The number of benzene rings is 6. The zero-order valence-corrected chi connectivity index (χ0v) is 39.3. The van der Waals surface area contributed by atoms with E-state index in [0.29, 0.717) is 64.1 Å². The zero-order valence-electron chi connectivity index (χ0n) is 38.5. The summed E-state index contributed by atoms with van der Waals surface area (Å²) in [5, 5.41) is 3.21. The van der Waals surface area contributed by atoms with Gasteiger partial charge in [0.05, 0.1) is 22.8 Å². The molecule has 18 heteroatoms. The molecule has 0 bridgehead atoms. The molecular formula is C53H48FN7O9S. The van der Waals surface area contributed by atoms with Gasteiger partial charge in [-0.25, -0.2) is 18.2 Å². The van der Waals surface area contributed by atoms with Gasteiger partial charge in [-0.05, 0) is 77.4 Å². The summed E-state index contributed by atoms with van der Waals surface area (Å²) in [7, 11) is -2.64. The summed E-state index contributed by atoms with van der Waals surface area (Å²) in [4.78, 5) is 46.8. The van der Waals surface area contributed by atoms with Crippen LogP contribution < -0.4 is 39.1 Å². The number of imidazole rings is 1. The predicted octanol–water partition coefficient (Wildman–Crippen LogP) is 7.56. The van der Waals surface area contributed by atoms with E-state index in [1.165, 1.54) is 18.2 Å². The fourth-order valence-corrected chi connectivity index (χ4v) is 10.1. The van der Waals surface area contributed by atoms with Crippen LogP contribution in [0.4, 0.5) is 21.5 Å². The molecule has 0 aliphatic carbocycles. The van der Waals surface area contributed by atoms with Gasteiger partial charge in [0.15, 0.2) is 5.82 Å². The van der Waals surface area contributed by atoms with E-state index in [1.807, 2.05) is 102 Å². The molecule has 2 aromatic heterocycles. The summed E-state index contributed by atoms with van der Waals surface area (Å²) < 4.78 is 72.5. The van der Waals surface area contributed by atoms with Crippen LogP contribution in [0.5, 0.6) is 17.5 Å². The molecule has 1 atom stereocenters. The Balaban J connectivity index is 0.852. The number of piperidine rings is 1. The number of ether oxygens (including phenoxy) is 4. The number of halogens is 1. The van der Waals surface area contributed by atoms with Crippen LogP contribution in [0.1, 0.15) is 29.5 Å². The monoisotopic (exact) mass is 977 g/mol. The molecule has 0 saturated carbocycles. The highest BCUT2D eigenvalue weighted by Gasteiger charge is 2.38. The first kappa shape index (κ1) is 46.5. The smallest absolute Gasteiger partial charge is 0.333 e. The highest BCUT2D eigenvalue weighted by molar-refractivity contribution is 7.92. The lowest BCUT2D eigenvalue weighted by atomic mass is 10.1. The molecule has 2 saturated heterocycles. The number of fused-ring (bicyclic) bond motifs is 2. The van der Waals surface area contributed by atoms with E-state index in [0.717, 1.165) is 28.8 Å². The second kappa shape index (κ2) is 20.0. The molecule has 10 rings (SSSR count). The number of carbonyl (C=O) groups excluding carboxylic acids is 2. The summed E-state index contributed by atoms with van der Waals surface area (Å²) in [5.74, 6) is -1.67. The number of hydrogen-bond acceptors (Lipinski definition) is 11. The first-order chi connectivity index (χ1) is 34.5. The van der Waals surface area contributed by atoms with Gasteiger partial charge in [0.1, 0.15) is 50.1 Å². The standard InChI is InChI=1S/C53H48FN7O9S/c1-58-50-42(20-11-21-43(50)61(53(58)64)44-24-25-48(69-32-36-15-7-3-8-16-36)56-52(44)70-33-37-17-9-4-10-18-37)59-26-12-19-40(29-59)67-34-47(63)55-39-22-23-41-38(27-39)28-45(68-31-35-13-5-2-6-14-35)51(49(41)54)60-30-46(62)57-71(60,65)66/h2-11,13-18,20-25,27-28,40H,12,19,26,29-34H2,1H3,(H,55,63)(H,57,62)/t40-/m1/s1. The van der Waals surface area contributed by atoms with E-state index in [9.17, 15) is 22.8 Å². The molecule has 4 heterocycles. The van der Waals surface area contributed by atoms with Gasteiger partial charge >= 0.3 is 15.9 Å². The van der Waals surface area contributed by atoms with Crippen LogP contribution in [0.25, 0.3) is 27.5 Å². The van der Waals surface area contributed by atoms with Crippen molar-refractivity contribution in [1.82, 2.24) is 18.8 Å². The Hall–Kier alpha value is -8.22. The molecule has 2 N–H and O–H groups in total. The number of aryl methyl sites for hydroxylation is 1. The van der Waals surface area contributed by atoms with Crippen molar-refractivity contribution in [3.8, 4) is 23.2 Å². The fourth-order valence-electron chi connectivity index (χ4n) is 8.92. The van der Waals surface area contributed by atoms with Gasteiger partial charge in [-0.2, -0.15) is 13.4 Å². The molecule has 16 nitrogen and oxygen atoms in total. The minimum absolute atomic E-state index is 0.00916.